The van der Waals surface area contributed by atoms with E-state index in [0.29, 0.717) is 24.6 Å². The Balaban J connectivity index is 2.26. The average Bonchev–Trinajstić information content (AvgIpc) is 2.16. The Morgan fingerprint density at radius 1 is 1.29 bits per heavy atom. The normalized spacial score (nSPS) is 17.6. The van der Waals surface area contributed by atoms with Gasteiger partial charge in [-0.25, -0.2) is 0 Å². The van der Waals surface area contributed by atoms with Gasteiger partial charge < -0.3 is 5.32 Å². The molecule has 0 bridgehead atoms. The van der Waals surface area contributed by atoms with Crippen LogP contribution in [0, 0.1) is 0 Å². The van der Waals surface area contributed by atoms with E-state index in [9.17, 15) is 9.59 Å². The largest absolute Gasteiger partial charge is 0.315 e. The summed E-state index contributed by atoms with van der Waals surface area (Å²) in [5.41, 5.74) is 0. The molecule has 80 valence electrons. The lowest BCUT2D eigenvalue weighted by atomic mass is 10.4. The number of nitrogens with one attached hydrogen (secondary N) is 1. The zero-order valence-corrected chi connectivity index (χ0v) is 9.23. The summed E-state index contributed by atoms with van der Waals surface area (Å²) in [5, 5.41) is 3.17. The van der Waals surface area contributed by atoms with Crippen molar-refractivity contribution in [2.75, 3.05) is 31.1 Å². The van der Waals surface area contributed by atoms with Gasteiger partial charge in [0.25, 0.3) is 0 Å². The van der Waals surface area contributed by atoms with Crippen molar-refractivity contribution in [1.82, 2.24) is 10.2 Å². The van der Waals surface area contributed by atoms with E-state index in [4.69, 9.17) is 0 Å². The number of hydrogen-bond donors (Lipinski definition) is 1. The van der Waals surface area contributed by atoms with E-state index in [-0.39, 0.29) is 11.8 Å². The third-order valence-corrected chi connectivity index (χ3v) is 2.89. The summed E-state index contributed by atoms with van der Waals surface area (Å²) in [6.07, 6.45) is 1.07. The van der Waals surface area contributed by atoms with E-state index in [1.807, 2.05) is 0 Å². The van der Waals surface area contributed by atoms with Gasteiger partial charge in [0.1, 0.15) is 0 Å². The lowest BCUT2D eigenvalue weighted by Crippen LogP contribution is -2.46. The van der Waals surface area contributed by atoms with Gasteiger partial charge in [0.2, 0.25) is 11.8 Å². The average molecular weight is 216 g/mol. The summed E-state index contributed by atoms with van der Waals surface area (Å²) in [7, 11) is 0. The molecule has 0 spiro atoms. The Labute approximate surface area is 88.4 Å². The molecule has 1 N–H and O–H groups in total. The van der Waals surface area contributed by atoms with Crippen molar-refractivity contribution >= 4 is 23.6 Å². The Morgan fingerprint density at radius 3 is 2.50 bits per heavy atom. The van der Waals surface area contributed by atoms with Crippen molar-refractivity contribution in [2.45, 2.75) is 13.3 Å². The third-order valence-electron chi connectivity index (χ3n) is 1.99. The molecule has 1 heterocycles. The van der Waals surface area contributed by atoms with Crippen LogP contribution in [0.5, 0.6) is 0 Å². The van der Waals surface area contributed by atoms with Gasteiger partial charge in [-0.15, -0.1) is 11.8 Å². The molecule has 0 aromatic rings. The molecular weight excluding hydrogens is 200 g/mol. The molecule has 14 heavy (non-hydrogen) atoms. The van der Waals surface area contributed by atoms with Gasteiger partial charge in [-0.1, -0.05) is 6.92 Å². The number of amides is 2. The number of thioether (sulfide) groups is 1. The number of nitrogens with zero attached hydrogens (tertiary/aromatic N) is 1. The van der Waals surface area contributed by atoms with Crippen LogP contribution >= 0.6 is 11.8 Å². The van der Waals surface area contributed by atoms with Crippen LogP contribution in [-0.4, -0.2) is 47.9 Å². The molecule has 0 radical (unpaired) electrons. The Hall–Kier alpha value is -0.550. The molecule has 1 saturated heterocycles. The highest BCUT2D eigenvalue weighted by Crippen LogP contribution is 2.11. The Kier molecular flexibility index (Phi) is 4.97. The minimum Gasteiger partial charge on any atom is -0.315 e. The van der Waals surface area contributed by atoms with Gasteiger partial charge in [0, 0.05) is 13.1 Å². The van der Waals surface area contributed by atoms with Crippen LogP contribution in [0.4, 0.5) is 0 Å². The van der Waals surface area contributed by atoms with Crippen LogP contribution < -0.4 is 5.32 Å². The summed E-state index contributed by atoms with van der Waals surface area (Å²) in [4.78, 5) is 24.0. The second kappa shape index (κ2) is 6.03. The maximum atomic E-state index is 11.3. The van der Waals surface area contributed by atoms with Crippen molar-refractivity contribution in [3.8, 4) is 0 Å². The first kappa shape index (κ1) is 11.5. The summed E-state index contributed by atoms with van der Waals surface area (Å²) in [6.45, 7) is 4.24. The van der Waals surface area contributed by atoms with Gasteiger partial charge in [-0.3, -0.25) is 14.5 Å². The van der Waals surface area contributed by atoms with Gasteiger partial charge >= 0.3 is 0 Å². The highest BCUT2D eigenvalue weighted by Gasteiger charge is 2.25. The second-order valence-electron chi connectivity index (χ2n) is 3.18. The minimum absolute atomic E-state index is 0.0513. The maximum absolute atomic E-state index is 11.3. The van der Waals surface area contributed by atoms with Crippen LogP contribution in [-0.2, 0) is 9.59 Å². The zero-order valence-electron chi connectivity index (χ0n) is 8.41. The minimum atomic E-state index is -0.0513. The van der Waals surface area contributed by atoms with E-state index in [1.165, 1.54) is 16.7 Å². The molecule has 0 unspecified atom stereocenters. The second-order valence-corrected chi connectivity index (χ2v) is 4.17. The molecule has 4 nitrogen and oxygen atoms in total. The summed E-state index contributed by atoms with van der Waals surface area (Å²) in [5.74, 6) is 0.785. The van der Waals surface area contributed by atoms with Crippen molar-refractivity contribution in [1.29, 1.82) is 0 Å². The fourth-order valence-corrected chi connectivity index (χ4v) is 2.03. The molecule has 1 aliphatic rings. The standard InChI is InChI=1S/C9H16N2O2S/c1-2-3-10-4-5-11-8(12)6-14-7-9(11)13/h10H,2-7H2,1H3. The van der Waals surface area contributed by atoms with Crippen molar-refractivity contribution < 1.29 is 9.59 Å². The number of hydrogen-bond acceptors (Lipinski definition) is 4. The molecule has 0 aliphatic carbocycles. The lowest BCUT2D eigenvalue weighted by Gasteiger charge is -2.24. The Morgan fingerprint density at radius 2 is 1.93 bits per heavy atom. The van der Waals surface area contributed by atoms with Crippen LogP contribution in [0.3, 0.4) is 0 Å². The molecule has 1 aliphatic heterocycles. The first-order valence-electron chi connectivity index (χ1n) is 4.87. The van der Waals surface area contributed by atoms with Crippen molar-refractivity contribution in [3.63, 3.8) is 0 Å². The monoisotopic (exact) mass is 216 g/mol. The molecular formula is C9H16N2O2S. The van der Waals surface area contributed by atoms with E-state index < -0.39 is 0 Å². The molecule has 5 heteroatoms. The predicted octanol–water partition coefficient (Wildman–Crippen LogP) is 0.0880. The van der Waals surface area contributed by atoms with Gasteiger partial charge in [0.05, 0.1) is 11.5 Å². The molecule has 1 rings (SSSR count). The van der Waals surface area contributed by atoms with Crippen LogP contribution in [0.15, 0.2) is 0 Å². The van der Waals surface area contributed by atoms with E-state index in [2.05, 4.69) is 12.2 Å². The smallest absolute Gasteiger partial charge is 0.239 e. The van der Waals surface area contributed by atoms with Gasteiger partial charge in [0.15, 0.2) is 0 Å². The number of imide groups is 1. The van der Waals surface area contributed by atoms with E-state index >= 15 is 0 Å². The topological polar surface area (TPSA) is 49.4 Å². The SMILES string of the molecule is CCCNCCN1C(=O)CSCC1=O. The van der Waals surface area contributed by atoms with Crippen molar-refractivity contribution in [2.24, 2.45) is 0 Å². The third kappa shape index (κ3) is 3.31. The van der Waals surface area contributed by atoms with E-state index in [1.54, 1.807) is 0 Å². The number of carbonyl (C=O) groups excluding carboxylic acids is 2. The van der Waals surface area contributed by atoms with Crippen LogP contribution in [0.1, 0.15) is 13.3 Å². The number of carbonyl (C=O) groups is 2. The molecule has 0 atom stereocenters. The van der Waals surface area contributed by atoms with Crippen LogP contribution in [0.2, 0.25) is 0 Å². The lowest BCUT2D eigenvalue weighted by molar-refractivity contribution is -0.142. The highest BCUT2D eigenvalue weighted by molar-refractivity contribution is 8.00. The first-order chi connectivity index (χ1) is 6.75. The summed E-state index contributed by atoms with van der Waals surface area (Å²) in [6, 6.07) is 0. The number of rotatable bonds is 5. The fourth-order valence-electron chi connectivity index (χ4n) is 1.26. The fraction of sp³-hybridized carbons (Fsp3) is 0.778. The molecule has 0 aromatic carbocycles. The summed E-state index contributed by atoms with van der Waals surface area (Å²) < 4.78 is 0. The summed E-state index contributed by atoms with van der Waals surface area (Å²) >= 11 is 1.40. The quantitative estimate of drug-likeness (QED) is 0.522. The van der Waals surface area contributed by atoms with E-state index in [0.717, 1.165) is 13.0 Å². The Bertz CT molecular complexity index is 205. The molecule has 0 saturated carbocycles. The zero-order chi connectivity index (χ0) is 10.4. The van der Waals surface area contributed by atoms with Crippen LogP contribution in [0.25, 0.3) is 0 Å². The molecule has 0 aromatic heterocycles. The maximum Gasteiger partial charge on any atom is 0.239 e. The van der Waals surface area contributed by atoms with Gasteiger partial charge in [-0.2, -0.15) is 0 Å². The molecule has 2 amide bonds. The highest BCUT2D eigenvalue weighted by atomic mass is 32.2. The first-order valence-corrected chi connectivity index (χ1v) is 6.03. The van der Waals surface area contributed by atoms with Gasteiger partial charge in [-0.05, 0) is 13.0 Å². The molecule has 1 fully saturated rings. The predicted molar refractivity (Wildman–Crippen MR) is 57.2 cm³/mol. The van der Waals surface area contributed by atoms with Crippen molar-refractivity contribution in [3.05, 3.63) is 0 Å².